The summed E-state index contributed by atoms with van der Waals surface area (Å²) in [6.45, 7) is 2.06. The van der Waals surface area contributed by atoms with Crippen molar-refractivity contribution in [3.05, 3.63) is 71.8 Å². The van der Waals surface area contributed by atoms with Crippen molar-refractivity contribution in [2.75, 3.05) is 5.75 Å². The summed E-state index contributed by atoms with van der Waals surface area (Å²) >= 11 is 1.11. The lowest BCUT2D eigenvalue weighted by Gasteiger charge is -2.22. The van der Waals surface area contributed by atoms with Crippen LogP contribution >= 0.6 is 11.8 Å². The van der Waals surface area contributed by atoms with Gasteiger partial charge in [-0.1, -0.05) is 72.4 Å². The molecule has 31 heavy (non-hydrogen) atoms. The molecule has 2 N–H and O–H groups in total. The zero-order valence-corrected chi connectivity index (χ0v) is 17.4. The van der Waals surface area contributed by atoms with E-state index in [0.717, 1.165) is 17.3 Å². The molecular formula is C20H19N7O3S. The first-order valence-electron chi connectivity index (χ1n) is 9.42. The first-order chi connectivity index (χ1) is 15.0. The number of nitrogens with one attached hydrogen (secondary N) is 2. The zero-order chi connectivity index (χ0) is 21.8. The van der Waals surface area contributed by atoms with Gasteiger partial charge < -0.3 is 5.32 Å². The minimum absolute atomic E-state index is 0.0751. The molecule has 0 unspecified atom stereocenters. The van der Waals surface area contributed by atoms with Gasteiger partial charge in [-0.25, -0.2) is 9.48 Å². The fourth-order valence-electron chi connectivity index (χ4n) is 3.15. The van der Waals surface area contributed by atoms with E-state index < -0.39 is 23.4 Å². The third-order valence-electron chi connectivity index (χ3n) is 4.79. The van der Waals surface area contributed by atoms with Crippen LogP contribution in [0.25, 0.3) is 0 Å². The van der Waals surface area contributed by atoms with E-state index >= 15 is 0 Å². The number of thioether (sulfide) groups is 1. The number of hydrogen-bond donors (Lipinski definition) is 2. The van der Waals surface area contributed by atoms with Gasteiger partial charge in [0.1, 0.15) is 5.54 Å². The summed E-state index contributed by atoms with van der Waals surface area (Å²) in [5.74, 6) is -1.16. The van der Waals surface area contributed by atoms with Crippen molar-refractivity contribution >= 4 is 29.6 Å². The molecular weight excluding hydrogens is 418 g/mol. The number of imide groups is 1. The van der Waals surface area contributed by atoms with Crippen LogP contribution in [0.15, 0.2) is 65.8 Å². The molecule has 1 aliphatic rings. The molecule has 158 valence electrons. The first-order valence-corrected chi connectivity index (χ1v) is 10.4. The Morgan fingerprint density at radius 3 is 2.48 bits per heavy atom. The molecule has 3 aromatic rings. The summed E-state index contributed by atoms with van der Waals surface area (Å²) in [7, 11) is 0. The largest absolute Gasteiger partial charge is 0.344 e. The smallest absolute Gasteiger partial charge is 0.318 e. The molecule has 4 amide bonds. The van der Waals surface area contributed by atoms with E-state index in [9.17, 15) is 14.4 Å². The second-order valence-electron chi connectivity index (χ2n) is 6.99. The van der Waals surface area contributed by atoms with E-state index in [1.54, 1.807) is 35.9 Å². The number of hydrazine groups is 1. The maximum Gasteiger partial charge on any atom is 0.344 e. The predicted octanol–water partition coefficient (Wildman–Crippen LogP) is 1.31. The number of urea groups is 1. The third kappa shape index (κ3) is 4.26. The highest BCUT2D eigenvalue weighted by Crippen LogP contribution is 2.27. The summed E-state index contributed by atoms with van der Waals surface area (Å²) in [5.41, 5.74) is 2.76. The highest BCUT2D eigenvalue weighted by molar-refractivity contribution is 7.99. The Morgan fingerprint density at radius 1 is 1.10 bits per heavy atom. The molecule has 1 atom stereocenters. The fourth-order valence-corrected chi connectivity index (χ4v) is 3.82. The topological polar surface area (TPSA) is 122 Å². The summed E-state index contributed by atoms with van der Waals surface area (Å²) < 4.78 is 1.58. The summed E-state index contributed by atoms with van der Waals surface area (Å²) in [6, 6.07) is 17.8. The predicted molar refractivity (Wildman–Crippen MR) is 111 cm³/mol. The van der Waals surface area contributed by atoms with Crippen molar-refractivity contribution < 1.29 is 14.4 Å². The minimum atomic E-state index is -1.25. The van der Waals surface area contributed by atoms with Crippen molar-refractivity contribution in [2.45, 2.75) is 24.2 Å². The minimum Gasteiger partial charge on any atom is -0.318 e. The summed E-state index contributed by atoms with van der Waals surface area (Å²) in [5, 5.41) is 15.3. The molecule has 2 heterocycles. The lowest BCUT2D eigenvalue weighted by atomic mass is 9.92. The van der Waals surface area contributed by atoms with Gasteiger partial charge in [0.05, 0.1) is 12.3 Å². The van der Waals surface area contributed by atoms with E-state index in [0.29, 0.717) is 22.3 Å². The quantitative estimate of drug-likeness (QED) is 0.422. The lowest BCUT2D eigenvalue weighted by molar-refractivity contribution is -0.138. The SMILES string of the molecule is C[C@@]1(c2ccccc2)NC(=O)N(NC(=O)CSc2nnnn2Cc2ccccc2)C1=O. The maximum atomic E-state index is 12.8. The Morgan fingerprint density at radius 2 is 1.77 bits per heavy atom. The van der Waals surface area contributed by atoms with Gasteiger partial charge in [-0.2, -0.15) is 5.01 Å². The van der Waals surface area contributed by atoms with Crippen LogP contribution < -0.4 is 10.7 Å². The Balaban J connectivity index is 1.37. The molecule has 0 bridgehead atoms. The molecule has 1 aliphatic heterocycles. The number of carbonyl (C=O) groups excluding carboxylic acids is 3. The van der Waals surface area contributed by atoms with Crippen LogP contribution in [0.1, 0.15) is 18.1 Å². The van der Waals surface area contributed by atoms with Gasteiger partial charge in [-0.05, 0) is 28.5 Å². The Hall–Kier alpha value is -3.73. The number of rotatable bonds is 7. The second-order valence-corrected chi connectivity index (χ2v) is 7.93. The zero-order valence-electron chi connectivity index (χ0n) is 16.6. The first kappa shape index (κ1) is 20.5. The van der Waals surface area contributed by atoms with E-state index in [-0.39, 0.29) is 5.75 Å². The standard InChI is InChI=1S/C20H19N7O3S/c1-20(15-10-6-3-7-11-15)17(29)27(18(30)21-20)23-16(28)13-31-19-22-24-25-26(19)12-14-8-4-2-5-9-14/h2-11H,12-13H2,1H3,(H,21,30)(H,23,28)/t20-/m0/s1. The van der Waals surface area contributed by atoms with Crippen LogP contribution in [-0.2, 0) is 21.7 Å². The molecule has 0 radical (unpaired) electrons. The van der Waals surface area contributed by atoms with Crippen LogP contribution in [0.3, 0.4) is 0 Å². The van der Waals surface area contributed by atoms with E-state index in [1.807, 2.05) is 36.4 Å². The van der Waals surface area contributed by atoms with Gasteiger partial charge in [0.2, 0.25) is 11.1 Å². The van der Waals surface area contributed by atoms with Gasteiger partial charge in [-0.3, -0.25) is 15.0 Å². The number of benzene rings is 2. The van der Waals surface area contributed by atoms with Crippen LogP contribution in [-0.4, -0.2) is 48.8 Å². The molecule has 1 fully saturated rings. The van der Waals surface area contributed by atoms with Crippen LogP contribution in [0.2, 0.25) is 0 Å². The maximum absolute atomic E-state index is 12.8. The molecule has 1 saturated heterocycles. The van der Waals surface area contributed by atoms with Gasteiger partial charge in [-0.15, -0.1) is 5.10 Å². The second kappa shape index (κ2) is 8.56. The van der Waals surface area contributed by atoms with Crippen LogP contribution in [0, 0.1) is 0 Å². The molecule has 4 rings (SSSR count). The van der Waals surface area contributed by atoms with Crippen molar-refractivity contribution in [3.8, 4) is 0 Å². The molecule has 1 aromatic heterocycles. The van der Waals surface area contributed by atoms with E-state index in [1.165, 1.54) is 0 Å². The van der Waals surface area contributed by atoms with Gasteiger partial charge in [0.25, 0.3) is 5.91 Å². The molecule has 0 spiro atoms. The number of tetrazole rings is 1. The van der Waals surface area contributed by atoms with Gasteiger partial charge in [0.15, 0.2) is 0 Å². The van der Waals surface area contributed by atoms with Crippen molar-refractivity contribution in [1.82, 2.24) is 36.0 Å². The van der Waals surface area contributed by atoms with Crippen molar-refractivity contribution in [1.29, 1.82) is 0 Å². The molecule has 11 heteroatoms. The van der Waals surface area contributed by atoms with Crippen molar-refractivity contribution in [2.24, 2.45) is 0 Å². The van der Waals surface area contributed by atoms with E-state index in [2.05, 4.69) is 26.3 Å². The molecule has 0 aliphatic carbocycles. The number of carbonyl (C=O) groups is 3. The Kier molecular flexibility index (Phi) is 5.67. The number of hydrogen-bond acceptors (Lipinski definition) is 7. The molecule has 10 nitrogen and oxygen atoms in total. The van der Waals surface area contributed by atoms with Gasteiger partial charge in [0, 0.05) is 0 Å². The van der Waals surface area contributed by atoms with Crippen molar-refractivity contribution in [3.63, 3.8) is 0 Å². The number of nitrogens with zero attached hydrogens (tertiary/aromatic N) is 5. The molecule has 2 aromatic carbocycles. The average molecular weight is 437 g/mol. The summed E-state index contributed by atoms with van der Waals surface area (Å²) in [6.07, 6.45) is 0. The number of aromatic nitrogens is 4. The molecule has 0 saturated carbocycles. The van der Waals surface area contributed by atoms with Gasteiger partial charge >= 0.3 is 6.03 Å². The Bertz CT molecular complexity index is 1110. The fraction of sp³-hybridized carbons (Fsp3) is 0.200. The highest BCUT2D eigenvalue weighted by Gasteiger charge is 2.49. The monoisotopic (exact) mass is 437 g/mol. The summed E-state index contributed by atoms with van der Waals surface area (Å²) in [4.78, 5) is 37.6. The van der Waals surface area contributed by atoms with Crippen LogP contribution in [0.4, 0.5) is 4.79 Å². The average Bonchev–Trinajstić information content (AvgIpc) is 3.31. The Labute approximate surface area is 182 Å². The highest BCUT2D eigenvalue weighted by atomic mass is 32.2. The normalized spacial score (nSPS) is 18.2. The third-order valence-corrected chi connectivity index (χ3v) is 5.74. The van der Waals surface area contributed by atoms with Crippen LogP contribution in [0.5, 0.6) is 0 Å². The number of amides is 4. The van der Waals surface area contributed by atoms with E-state index in [4.69, 9.17) is 0 Å². The lowest BCUT2D eigenvalue weighted by Crippen LogP contribution is -2.48.